The van der Waals surface area contributed by atoms with Gasteiger partial charge in [0.25, 0.3) is 5.91 Å². The van der Waals surface area contributed by atoms with E-state index in [4.69, 9.17) is 5.26 Å². The summed E-state index contributed by atoms with van der Waals surface area (Å²) in [6.07, 6.45) is 1.44. The number of hydrogen-bond acceptors (Lipinski definition) is 8. The number of benzene rings is 1. The van der Waals surface area contributed by atoms with Gasteiger partial charge < -0.3 is 4.90 Å². The molecule has 1 atom stereocenters. The molecule has 10 heteroatoms. The van der Waals surface area contributed by atoms with E-state index in [-0.39, 0.29) is 11.8 Å². The first-order chi connectivity index (χ1) is 14.6. The summed E-state index contributed by atoms with van der Waals surface area (Å²) in [7, 11) is 0. The summed E-state index contributed by atoms with van der Waals surface area (Å²) in [5.41, 5.74) is 1.71. The predicted molar refractivity (Wildman–Crippen MR) is 118 cm³/mol. The third kappa shape index (κ3) is 4.70. The first-order valence-corrected chi connectivity index (χ1v) is 11.9. The molecule has 7 nitrogen and oxygen atoms in total. The van der Waals surface area contributed by atoms with Gasteiger partial charge in [-0.1, -0.05) is 41.3 Å². The zero-order chi connectivity index (χ0) is 20.9. The summed E-state index contributed by atoms with van der Waals surface area (Å²) in [5, 5.41) is 22.1. The summed E-state index contributed by atoms with van der Waals surface area (Å²) in [6, 6.07) is 12.6. The van der Waals surface area contributed by atoms with E-state index in [2.05, 4.69) is 21.6 Å². The number of thioether (sulfide) groups is 1. The Bertz CT molecular complexity index is 1070. The molecule has 1 fully saturated rings. The number of carbonyl (C=O) groups is 2. The molecule has 1 saturated heterocycles. The van der Waals surface area contributed by atoms with Crippen molar-refractivity contribution in [2.45, 2.75) is 29.0 Å². The largest absolute Gasteiger partial charge is 0.326 e. The summed E-state index contributed by atoms with van der Waals surface area (Å²) >= 11 is 4.21. The molecular weight excluding hydrogens is 438 g/mol. The van der Waals surface area contributed by atoms with Crippen LogP contribution in [0.25, 0.3) is 0 Å². The topological polar surface area (TPSA) is 99.0 Å². The molecule has 3 heterocycles. The number of thiophene rings is 1. The lowest BCUT2D eigenvalue weighted by molar-refractivity contribution is -0.119. The molecule has 0 radical (unpaired) electrons. The van der Waals surface area contributed by atoms with Gasteiger partial charge in [0.1, 0.15) is 6.04 Å². The highest BCUT2D eigenvalue weighted by Gasteiger charge is 2.35. The Kier molecular flexibility index (Phi) is 6.42. The van der Waals surface area contributed by atoms with Crippen LogP contribution in [0, 0.1) is 11.3 Å². The van der Waals surface area contributed by atoms with Crippen LogP contribution in [0.2, 0.25) is 0 Å². The molecule has 1 aliphatic heterocycles. The van der Waals surface area contributed by atoms with E-state index in [9.17, 15) is 9.59 Å². The lowest BCUT2D eigenvalue weighted by Crippen LogP contribution is -2.42. The Labute approximate surface area is 185 Å². The van der Waals surface area contributed by atoms with E-state index in [1.165, 1.54) is 34.4 Å². The molecule has 0 spiro atoms. The van der Waals surface area contributed by atoms with Gasteiger partial charge in [0.05, 0.1) is 16.5 Å². The Morgan fingerprint density at radius 2 is 2.10 bits per heavy atom. The van der Waals surface area contributed by atoms with Crippen molar-refractivity contribution in [2.75, 3.05) is 11.9 Å². The number of amides is 2. The van der Waals surface area contributed by atoms with E-state index < -0.39 is 6.04 Å². The van der Waals surface area contributed by atoms with Crippen molar-refractivity contribution in [1.29, 1.82) is 5.26 Å². The van der Waals surface area contributed by atoms with E-state index in [1.807, 2.05) is 23.6 Å². The number of aromatic nitrogens is 2. The molecule has 0 saturated carbocycles. The molecule has 4 rings (SSSR count). The lowest BCUT2D eigenvalue weighted by Gasteiger charge is -2.22. The van der Waals surface area contributed by atoms with Crippen molar-refractivity contribution in [3.05, 3.63) is 57.8 Å². The van der Waals surface area contributed by atoms with Crippen LogP contribution in [-0.2, 0) is 10.5 Å². The highest BCUT2D eigenvalue weighted by atomic mass is 32.2. The zero-order valence-electron chi connectivity index (χ0n) is 15.8. The van der Waals surface area contributed by atoms with Crippen molar-refractivity contribution < 1.29 is 9.59 Å². The minimum Gasteiger partial charge on any atom is -0.326 e. The van der Waals surface area contributed by atoms with Crippen molar-refractivity contribution >= 4 is 51.4 Å². The Morgan fingerprint density at radius 3 is 2.83 bits per heavy atom. The van der Waals surface area contributed by atoms with Crippen LogP contribution in [0.1, 0.15) is 33.6 Å². The summed E-state index contributed by atoms with van der Waals surface area (Å²) in [6.45, 7) is 0.580. The van der Waals surface area contributed by atoms with Crippen molar-refractivity contribution in [3.63, 3.8) is 0 Å². The molecule has 0 aliphatic carbocycles. The maximum Gasteiger partial charge on any atom is 0.264 e. The van der Waals surface area contributed by atoms with E-state index in [1.54, 1.807) is 23.1 Å². The fourth-order valence-electron chi connectivity index (χ4n) is 3.15. The minimum absolute atomic E-state index is 0.0985. The van der Waals surface area contributed by atoms with Gasteiger partial charge in [-0.3, -0.25) is 14.9 Å². The average molecular weight is 456 g/mol. The SMILES string of the molecule is N#Cc1ccc(CSc2nnc(NC(=O)C3CCCN3C(=O)c3cccs3)s2)cc1. The van der Waals surface area contributed by atoms with Gasteiger partial charge in [-0.15, -0.1) is 21.5 Å². The first kappa shape index (κ1) is 20.5. The minimum atomic E-state index is -0.488. The first-order valence-electron chi connectivity index (χ1n) is 9.25. The van der Waals surface area contributed by atoms with Crippen LogP contribution >= 0.6 is 34.4 Å². The second-order valence-corrected chi connectivity index (χ2v) is 9.74. The molecule has 1 unspecified atom stereocenters. The highest BCUT2D eigenvalue weighted by molar-refractivity contribution is 8.00. The fraction of sp³-hybridized carbons (Fsp3) is 0.250. The molecule has 1 aromatic carbocycles. The molecule has 3 aromatic rings. The van der Waals surface area contributed by atoms with Crippen molar-refractivity contribution in [2.24, 2.45) is 0 Å². The molecule has 0 bridgehead atoms. The predicted octanol–water partition coefficient (Wildman–Crippen LogP) is 4.01. The van der Waals surface area contributed by atoms with Gasteiger partial charge in [-0.25, -0.2) is 0 Å². The second-order valence-electron chi connectivity index (χ2n) is 6.59. The van der Waals surface area contributed by atoms with Gasteiger partial charge in [0, 0.05) is 12.3 Å². The normalized spacial score (nSPS) is 15.7. The van der Waals surface area contributed by atoms with E-state index in [0.717, 1.165) is 16.3 Å². The van der Waals surface area contributed by atoms with Gasteiger partial charge in [0.15, 0.2) is 4.34 Å². The second kappa shape index (κ2) is 9.38. The van der Waals surface area contributed by atoms with Gasteiger partial charge in [-0.2, -0.15) is 5.26 Å². The van der Waals surface area contributed by atoms with Gasteiger partial charge in [0.2, 0.25) is 11.0 Å². The number of nitrogens with one attached hydrogen (secondary N) is 1. The number of anilines is 1. The number of rotatable bonds is 6. The molecule has 1 aliphatic rings. The number of hydrogen-bond donors (Lipinski definition) is 1. The average Bonchev–Trinajstić information content (AvgIpc) is 3.54. The quantitative estimate of drug-likeness (QED) is 0.445. The van der Waals surface area contributed by atoms with Gasteiger partial charge >= 0.3 is 0 Å². The molecule has 2 amide bonds. The van der Waals surface area contributed by atoms with Crippen LogP contribution in [-0.4, -0.2) is 39.5 Å². The van der Waals surface area contributed by atoms with E-state index >= 15 is 0 Å². The molecule has 1 N–H and O–H groups in total. The third-order valence-electron chi connectivity index (χ3n) is 4.63. The number of nitrogens with zero attached hydrogens (tertiary/aromatic N) is 4. The Balaban J connectivity index is 1.34. The summed E-state index contributed by atoms with van der Waals surface area (Å²) in [4.78, 5) is 27.7. The standard InChI is InChI=1S/C20H17N5O2S3/c21-11-13-5-7-14(8-6-13)12-29-20-24-23-19(30-20)22-17(26)15-3-1-9-25(15)18(27)16-4-2-10-28-16/h2,4-8,10,15H,1,3,9,12H2,(H,22,23,26). The van der Waals surface area contributed by atoms with Crippen LogP contribution in [0.5, 0.6) is 0 Å². The Hall–Kier alpha value is -2.74. The molecule has 2 aromatic heterocycles. The maximum absolute atomic E-state index is 12.8. The smallest absolute Gasteiger partial charge is 0.264 e. The van der Waals surface area contributed by atoms with Crippen molar-refractivity contribution in [3.8, 4) is 6.07 Å². The van der Waals surface area contributed by atoms with E-state index in [0.29, 0.717) is 34.3 Å². The van der Waals surface area contributed by atoms with Crippen LogP contribution in [0.4, 0.5) is 5.13 Å². The fourth-order valence-corrected chi connectivity index (χ4v) is 5.54. The Morgan fingerprint density at radius 1 is 1.27 bits per heavy atom. The summed E-state index contributed by atoms with van der Waals surface area (Å²) < 4.78 is 0.743. The van der Waals surface area contributed by atoms with Gasteiger partial charge in [-0.05, 0) is 42.0 Å². The third-order valence-corrected chi connectivity index (χ3v) is 7.53. The monoisotopic (exact) mass is 455 g/mol. The summed E-state index contributed by atoms with van der Waals surface area (Å²) in [5.74, 6) is 0.371. The number of nitriles is 1. The molecule has 30 heavy (non-hydrogen) atoms. The highest BCUT2D eigenvalue weighted by Crippen LogP contribution is 2.29. The maximum atomic E-state index is 12.8. The number of carbonyl (C=O) groups excluding carboxylic acids is 2. The lowest BCUT2D eigenvalue weighted by atomic mass is 10.2. The van der Waals surface area contributed by atoms with Crippen molar-refractivity contribution in [1.82, 2.24) is 15.1 Å². The molecule has 152 valence electrons. The van der Waals surface area contributed by atoms with Crippen LogP contribution in [0.3, 0.4) is 0 Å². The molecular formula is C20H17N5O2S3. The van der Waals surface area contributed by atoms with Crippen LogP contribution in [0.15, 0.2) is 46.1 Å². The van der Waals surface area contributed by atoms with Crippen LogP contribution < -0.4 is 5.32 Å². The zero-order valence-corrected chi connectivity index (χ0v) is 18.2. The number of likely N-dealkylation sites (tertiary alicyclic amines) is 1.